The Bertz CT molecular complexity index is 156. The van der Waals surface area contributed by atoms with Gasteiger partial charge in [0.05, 0.1) is 0 Å². The maximum Gasteiger partial charge on any atom is 0.0465 e. The number of hydrogen-bond donors (Lipinski definition) is 1. The Balaban J connectivity index is 3.42. The monoisotopic (exact) mass is 168 g/mol. The van der Waals surface area contributed by atoms with Crippen molar-refractivity contribution in [3.63, 3.8) is 0 Å². The molecule has 0 amide bonds. The van der Waals surface area contributed by atoms with Crippen LogP contribution in [0.5, 0.6) is 0 Å². The third-order valence-corrected chi connectivity index (χ3v) is 1.80. The van der Waals surface area contributed by atoms with E-state index in [4.69, 9.17) is 5.11 Å². The van der Waals surface area contributed by atoms with Gasteiger partial charge in [0.15, 0.2) is 0 Å². The van der Waals surface area contributed by atoms with E-state index in [9.17, 15) is 0 Å². The molecule has 12 heavy (non-hydrogen) atoms. The van der Waals surface area contributed by atoms with Crippen molar-refractivity contribution in [1.29, 1.82) is 0 Å². The lowest BCUT2D eigenvalue weighted by Gasteiger charge is -2.00. The molecule has 0 aromatic heterocycles. The van der Waals surface area contributed by atoms with Gasteiger partial charge in [-0.15, -0.1) is 6.58 Å². The predicted molar refractivity (Wildman–Crippen MR) is 54.1 cm³/mol. The lowest BCUT2D eigenvalue weighted by molar-refractivity contribution is 0.302. The van der Waals surface area contributed by atoms with Gasteiger partial charge in [-0.3, -0.25) is 0 Å². The van der Waals surface area contributed by atoms with Crippen LogP contribution in [0.3, 0.4) is 0 Å². The van der Waals surface area contributed by atoms with Gasteiger partial charge in [0.2, 0.25) is 0 Å². The lowest BCUT2D eigenvalue weighted by atomic mass is 10.1. The topological polar surface area (TPSA) is 20.2 Å². The molecule has 1 nitrogen and oxygen atoms in total. The summed E-state index contributed by atoms with van der Waals surface area (Å²) >= 11 is 0. The van der Waals surface area contributed by atoms with Gasteiger partial charge in [-0.05, 0) is 39.5 Å². The minimum atomic E-state index is 0.262. The molecular formula is C11H20O. The second kappa shape index (κ2) is 7.11. The van der Waals surface area contributed by atoms with Gasteiger partial charge >= 0.3 is 0 Å². The molecular weight excluding hydrogens is 148 g/mol. The zero-order valence-electron chi connectivity index (χ0n) is 8.27. The standard InChI is InChI=1S/C11H20O/c1-10(2)6-4-7-11(3)8-5-9-12/h8,12H,1,4-7,9H2,2-3H3/b11-8+. The largest absolute Gasteiger partial charge is 0.396 e. The van der Waals surface area contributed by atoms with E-state index in [0.29, 0.717) is 0 Å². The highest BCUT2D eigenvalue weighted by molar-refractivity contribution is 4.99. The van der Waals surface area contributed by atoms with Gasteiger partial charge in [-0.1, -0.05) is 17.2 Å². The highest BCUT2D eigenvalue weighted by atomic mass is 16.2. The van der Waals surface area contributed by atoms with Gasteiger partial charge in [-0.25, -0.2) is 0 Å². The molecule has 0 rings (SSSR count). The highest BCUT2D eigenvalue weighted by Crippen LogP contribution is 2.10. The Morgan fingerprint density at radius 2 is 2.00 bits per heavy atom. The van der Waals surface area contributed by atoms with Crippen LogP contribution in [-0.4, -0.2) is 11.7 Å². The molecule has 70 valence electrons. The molecule has 0 aliphatic heterocycles. The Labute approximate surface area is 75.8 Å². The van der Waals surface area contributed by atoms with Crippen LogP contribution in [0.25, 0.3) is 0 Å². The van der Waals surface area contributed by atoms with Crippen LogP contribution in [0.15, 0.2) is 23.8 Å². The SMILES string of the molecule is C=C(C)CCC/C(C)=C/CCO. The summed E-state index contributed by atoms with van der Waals surface area (Å²) in [4.78, 5) is 0. The second-order valence-electron chi connectivity index (χ2n) is 3.37. The number of aliphatic hydroxyl groups excluding tert-OH is 1. The summed E-state index contributed by atoms with van der Waals surface area (Å²) in [6.45, 7) is 8.30. The van der Waals surface area contributed by atoms with Crippen LogP contribution >= 0.6 is 0 Å². The molecule has 0 saturated heterocycles. The Kier molecular flexibility index (Phi) is 6.78. The molecule has 0 spiro atoms. The van der Waals surface area contributed by atoms with Gasteiger partial charge in [0, 0.05) is 6.61 Å². The fraction of sp³-hybridized carbons (Fsp3) is 0.636. The molecule has 1 heteroatoms. The highest BCUT2D eigenvalue weighted by Gasteiger charge is 1.91. The van der Waals surface area contributed by atoms with Crippen LogP contribution in [0, 0.1) is 0 Å². The molecule has 0 atom stereocenters. The first-order valence-electron chi connectivity index (χ1n) is 4.57. The van der Waals surface area contributed by atoms with Gasteiger partial charge in [0.25, 0.3) is 0 Å². The van der Waals surface area contributed by atoms with Crippen molar-refractivity contribution >= 4 is 0 Å². The molecule has 0 aromatic carbocycles. The van der Waals surface area contributed by atoms with E-state index in [1.165, 1.54) is 17.6 Å². The minimum Gasteiger partial charge on any atom is -0.396 e. The number of hydrogen-bond acceptors (Lipinski definition) is 1. The van der Waals surface area contributed by atoms with E-state index >= 15 is 0 Å². The summed E-state index contributed by atoms with van der Waals surface area (Å²) in [7, 11) is 0. The fourth-order valence-corrected chi connectivity index (χ4v) is 1.08. The molecule has 0 fully saturated rings. The number of rotatable bonds is 6. The third-order valence-electron chi connectivity index (χ3n) is 1.80. The molecule has 0 aliphatic carbocycles. The summed E-state index contributed by atoms with van der Waals surface area (Å²) in [6, 6.07) is 0. The van der Waals surface area contributed by atoms with E-state index in [1.807, 2.05) is 0 Å². The van der Waals surface area contributed by atoms with E-state index in [-0.39, 0.29) is 6.61 Å². The van der Waals surface area contributed by atoms with Crippen molar-refractivity contribution in [2.24, 2.45) is 0 Å². The van der Waals surface area contributed by atoms with Crippen LogP contribution < -0.4 is 0 Å². The van der Waals surface area contributed by atoms with Crippen molar-refractivity contribution < 1.29 is 5.11 Å². The van der Waals surface area contributed by atoms with Crippen molar-refractivity contribution in [2.75, 3.05) is 6.61 Å². The summed E-state index contributed by atoms with van der Waals surface area (Å²) < 4.78 is 0. The zero-order valence-corrected chi connectivity index (χ0v) is 8.27. The normalized spacial score (nSPS) is 11.8. The van der Waals surface area contributed by atoms with Crippen molar-refractivity contribution in [2.45, 2.75) is 39.5 Å². The first kappa shape index (κ1) is 11.4. The first-order chi connectivity index (χ1) is 5.66. The Hall–Kier alpha value is -0.560. The zero-order chi connectivity index (χ0) is 9.40. The van der Waals surface area contributed by atoms with E-state index in [2.05, 4.69) is 26.5 Å². The number of allylic oxidation sites excluding steroid dienone is 2. The molecule has 0 heterocycles. The van der Waals surface area contributed by atoms with E-state index in [0.717, 1.165) is 19.3 Å². The molecule has 1 N–H and O–H groups in total. The lowest BCUT2D eigenvalue weighted by Crippen LogP contribution is -1.83. The van der Waals surface area contributed by atoms with Crippen molar-refractivity contribution in [3.05, 3.63) is 23.8 Å². The Morgan fingerprint density at radius 1 is 1.33 bits per heavy atom. The van der Waals surface area contributed by atoms with E-state index < -0.39 is 0 Å². The molecule has 0 bridgehead atoms. The molecule has 0 aliphatic rings. The maximum atomic E-state index is 8.57. The van der Waals surface area contributed by atoms with Crippen LogP contribution in [0.1, 0.15) is 39.5 Å². The molecule has 0 unspecified atom stereocenters. The summed E-state index contributed by atoms with van der Waals surface area (Å²) in [6.07, 6.45) is 6.33. The van der Waals surface area contributed by atoms with Gasteiger partial charge in [0.1, 0.15) is 0 Å². The second-order valence-corrected chi connectivity index (χ2v) is 3.37. The number of aliphatic hydroxyl groups is 1. The fourth-order valence-electron chi connectivity index (χ4n) is 1.08. The van der Waals surface area contributed by atoms with Crippen LogP contribution in [-0.2, 0) is 0 Å². The smallest absolute Gasteiger partial charge is 0.0465 e. The van der Waals surface area contributed by atoms with Gasteiger partial charge < -0.3 is 5.11 Å². The van der Waals surface area contributed by atoms with E-state index in [1.54, 1.807) is 0 Å². The van der Waals surface area contributed by atoms with Crippen LogP contribution in [0.2, 0.25) is 0 Å². The predicted octanol–water partition coefficient (Wildman–Crippen LogP) is 3.06. The average Bonchev–Trinajstić information content (AvgIpc) is 2.00. The molecule has 0 aromatic rings. The molecule has 0 radical (unpaired) electrons. The first-order valence-corrected chi connectivity index (χ1v) is 4.57. The average molecular weight is 168 g/mol. The van der Waals surface area contributed by atoms with Gasteiger partial charge in [-0.2, -0.15) is 0 Å². The van der Waals surface area contributed by atoms with Crippen LogP contribution in [0.4, 0.5) is 0 Å². The van der Waals surface area contributed by atoms with Crippen molar-refractivity contribution in [1.82, 2.24) is 0 Å². The van der Waals surface area contributed by atoms with Crippen molar-refractivity contribution in [3.8, 4) is 0 Å². The molecule has 0 saturated carbocycles. The quantitative estimate of drug-likeness (QED) is 0.604. The summed E-state index contributed by atoms with van der Waals surface area (Å²) in [5.74, 6) is 0. The summed E-state index contributed by atoms with van der Waals surface area (Å²) in [5.41, 5.74) is 2.63. The minimum absolute atomic E-state index is 0.262. The summed E-state index contributed by atoms with van der Waals surface area (Å²) in [5, 5.41) is 8.57. The Morgan fingerprint density at radius 3 is 2.50 bits per heavy atom. The third kappa shape index (κ3) is 7.55. The maximum absolute atomic E-state index is 8.57.